The summed E-state index contributed by atoms with van der Waals surface area (Å²) in [6.07, 6.45) is 5.58. The van der Waals surface area contributed by atoms with Gasteiger partial charge in [0.2, 0.25) is 5.91 Å². The number of para-hydroxylation sites is 1. The minimum Gasteiger partial charge on any atom is -0.368 e. The van der Waals surface area contributed by atoms with Crippen LogP contribution in [0.2, 0.25) is 0 Å². The SMILES string of the molecule is O=C(CCN1CC[C@H]2[C@H](C1)OCc1cnnn12)N1CCCc2ccccc21. The molecule has 2 aromatic rings. The van der Waals surface area contributed by atoms with E-state index in [4.69, 9.17) is 4.74 Å². The number of anilines is 1. The first-order valence-corrected chi connectivity index (χ1v) is 9.91. The van der Waals surface area contributed by atoms with Gasteiger partial charge in [0.05, 0.1) is 30.6 Å². The second-order valence-electron chi connectivity index (χ2n) is 7.70. The van der Waals surface area contributed by atoms with Gasteiger partial charge in [-0.25, -0.2) is 4.68 Å². The highest BCUT2D eigenvalue weighted by molar-refractivity contribution is 5.94. The van der Waals surface area contributed by atoms with Gasteiger partial charge in [-0.3, -0.25) is 4.79 Å². The Labute approximate surface area is 158 Å². The molecule has 1 amide bonds. The van der Waals surface area contributed by atoms with Crippen LogP contribution in [0.5, 0.6) is 0 Å². The fourth-order valence-corrected chi connectivity index (χ4v) is 4.64. The summed E-state index contributed by atoms with van der Waals surface area (Å²) in [5, 5.41) is 8.24. The molecule has 0 saturated carbocycles. The summed E-state index contributed by atoms with van der Waals surface area (Å²) in [5.41, 5.74) is 3.45. The van der Waals surface area contributed by atoms with Crippen LogP contribution in [0, 0.1) is 0 Å². The Morgan fingerprint density at radius 2 is 2.19 bits per heavy atom. The van der Waals surface area contributed by atoms with Crippen molar-refractivity contribution in [1.29, 1.82) is 0 Å². The van der Waals surface area contributed by atoms with Crippen LogP contribution in [0.4, 0.5) is 5.69 Å². The Kier molecular flexibility index (Phi) is 4.41. The number of piperidine rings is 1. The number of ether oxygens (including phenoxy) is 1. The van der Waals surface area contributed by atoms with Crippen LogP contribution >= 0.6 is 0 Å². The van der Waals surface area contributed by atoms with Crippen LogP contribution in [0.25, 0.3) is 0 Å². The van der Waals surface area contributed by atoms with Crippen molar-refractivity contribution in [2.24, 2.45) is 0 Å². The summed E-state index contributed by atoms with van der Waals surface area (Å²) < 4.78 is 8.06. The molecular weight excluding hydrogens is 342 g/mol. The summed E-state index contributed by atoms with van der Waals surface area (Å²) in [4.78, 5) is 17.2. The molecular formula is C20H25N5O2. The Morgan fingerprint density at radius 1 is 1.26 bits per heavy atom. The van der Waals surface area contributed by atoms with Gasteiger partial charge in [0.15, 0.2) is 0 Å². The van der Waals surface area contributed by atoms with Gasteiger partial charge in [0.1, 0.15) is 0 Å². The highest BCUT2D eigenvalue weighted by atomic mass is 16.5. The molecule has 1 aromatic heterocycles. The maximum absolute atomic E-state index is 12.9. The first-order valence-electron chi connectivity index (χ1n) is 9.91. The summed E-state index contributed by atoms with van der Waals surface area (Å²) in [5.74, 6) is 0.229. The van der Waals surface area contributed by atoms with Crippen molar-refractivity contribution < 1.29 is 9.53 Å². The number of amides is 1. The van der Waals surface area contributed by atoms with Crippen molar-refractivity contribution in [2.75, 3.05) is 31.1 Å². The van der Waals surface area contributed by atoms with Gasteiger partial charge in [-0.1, -0.05) is 23.4 Å². The smallest absolute Gasteiger partial charge is 0.228 e. The molecule has 3 aliphatic rings. The maximum Gasteiger partial charge on any atom is 0.228 e. The number of rotatable bonds is 3. The topological polar surface area (TPSA) is 63.5 Å². The minimum absolute atomic E-state index is 0.138. The van der Waals surface area contributed by atoms with Gasteiger partial charge >= 0.3 is 0 Å². The van der Waals surface area contributed by atoms with Crippen LogP contribution in [-0.2, 0) is 22.6 Å². The number of benzene rings is 1. The molecule has 1 fully saturated rings. The number of fused-ring (bicyclic) bond motifs is 4. The second-order valence-corrected chi connectivity index (χ2v) is 7.70. The molecule has 4 heterocycles. The van der Waals surface area contributed by atoms with E-state index in [1.54, 1.807) is 6.20 Å². The number of nitrogens with zero attached hydrogens (tertiary/aromatic N) is 5. The van der Waals surface area contributed by atoms with Crippen molar-refractivity contribution in [3.8, 4) is 0 Å². The van der Waals surface area contributed by atoms with Crippen molar-refractivity contribution in [3.63, 3.8) is 0 Å². The third-order valence-electron chi connectivity index (χ3n) is 6.07. The van der Waals surface area contributed by atoms with E-state index < -0.39 is 0 Å². The van der Waals surface area contributed by atoms with E-state index >= 15 is 0 Å². The summed E-state index contributed by atoms with van der Waals surface area (Å²) in [6, 6.07) is 8.56. The van der Waals surface area contributed by atoms with E-state index in [1.165, 1.54) is 5.56 Å². The Hall–Kier alpha value is -2.25. The lowest BCUT2D eigenvalue weighted by Gasteiger charge is -2.41. The summed E-state index contributed by atoms with van der Waals surface area (Å²) >= 11 is 0. The van der Waals surface area contributed by atoms with E-state index in [-0.39, 0.29) is 18.1 Å². The maximum atomic E-state index is 12.9. The van der Waals surface area contributed by atoms with E-state index in [1.807, 2.05) is 15.6 Å². The molecule has 142 valence electrons. The third-order valence-corrected chi connectivity index (χ3v) is 6.07. The molecule has 0 N–H and O–H groups in total. The lowest BCUT2D eigenvalue weighted by Crippen LogP contribution is -2.49. The number of carbonyl (C=O) groups is 1. The Morgan fingerprint density at radius 3 is 3.15 bits per heavy atom. The van der Waals surface area contributed by atoms with Crippen LogP contribution < -0.4 is 4.90 Å². The number of hydrogen-bond donors (Lipinski definition) is 0. The number of hydrogen-bond acceptors (Lipinski definition) is 5. The molecule has 7 heteroatoms. The highest BCUT2D eigenvalue weighted by Crippen LogP contribution is 2.31. The normalized spacial score (nSPS) is 24.8. The van der Waals surface area contributed by atoms with Gasteiger partial charge in [-0.05, 0) is 30.9 Å². The summed E-state index contributed by atoms with van der Waals surface area (Å²) in [7, 11) is 0. The van der Waals surface area contributed by atoms with Gasteiger partial charge < -0.3 is 14.5 Å². The molecule has 3 aliphatic heterocycles. The molecule has 1 saturated heterocycles. The monoisotopic (exact) mass is 367 g/mol. The van der Waals surface area contributed by atoms with Crippen molar-refractivity contribution in [2.45, 2.75) is 44.4 Å². The standard InChI is InChI=1S/C20H25N5O2/c26-20(24-9-3-5-15-4-1-2-6-17(15)24)8-11-23-10-7-18-19(13-23)27-14-16-12-21-22-25(16)18/h1-2,4,6,12,18-19H,3,5,7-11,13-14H2/t18-,19-/m0/s1. The molecule has 0 spiro atoms. The van der Waals surface area contributed by atoms with Gasteiger partial charge in [-0.15, -0.1) is 5.10 Å². The molecule has 0 aliphatic carbocycles. The lowest BCUT2D eigenvalue weighted by atomic mass is 9.99. The Balaban J connectivity index is 1.19. The number of likely N-dealkylation sites (tertiary alicyclic amines) is 1. The van der Waals surface area contributed by atoms with E-state index in [0.29, 0.717) is 13.0 Å². The molecule has 1 aromatic carbocycles. The third kappa shape index (κ3) is 3.15. The van der Waals surface area contributed by atoms with Crippen LogP contribution in [-0.4, -0.2) is 58.1 Å². The predicted molar refractivity (Wildman–Crippen MR) is 100 cm³/mol. The predicted octanol–water partition coefficient (Wildman–Crippen LogP) is 1.79. The van der Waals surface area contributed by atoms with E-state index in [2.05, 4.69) is 33.4 Å². The molecule has 27 heavy (non-hydrogen) atoms. The molecule has 0 radical (unpaired) electrons. The first kappa shape index (κ1) is 16.9. The zero-order chi connectivity index (χ0) is 18.2. The average molecular weight is 367 g/mol. The minimum atomic E-state index is 0.138. The van der Waals surface area contributed by atoms with Crippen molar-refractivity contribution in [3.05, 3.63) is 41.7 Å². The van der Waals surface area contributed by atoms with E-state index in [9.17, 15) is 4.79 Å². The zero-order valence-electron chi connectivity index (χ0n) is 15.5. The van der Waals surface area contributed by atoms with Gasteiger partial charge in [0, 0.05) is 38.3 Å². The second kappa shape index (κ2) is 7.05. The number of carbonyl (C=O) groups excluding carboxylic acids is 1. The quantitative estimate of drug-likeness (QED) is 0.828. The molecule has 7 nitrogen and oxygen atoms in total. The average Bonchev–Trinajstić information content (AvgIpc) is 3.20. The summed E-state index contributed by atoms with van der Waals surface area (Å²) in [6.45, 7) is 4.01. The number of aromatic nitrogens is 3. The van der Waals surface area contributed by atoms with Crippen LogP contribution in [0.15, 0.2) is 30.5 Å². The largest absolute Gasteiger partial charge is 0.368 e. The van der Waals surface area contributed by atoms with E-state index in [0.717, 1.165) is 56.8 Å². The lowest BCUT2D eigenvalue weighted by molar-refractivity contribution is -0.119. The molecule has 0 bridgehead atoms. The van der Waals surface area contributed by atoms with Crippen LogP contribution in [0.1, 0.15) is 36.6 Å². The Bertz CT molecular complexity index is 835. The molecule has 0 unspecified atom stereocenters. The van der Waals surface area contributed by atoms with Gasteiger partial charge in [-0.2, -0.15) is 0 Å². The molecule has 2 atom stereocenters. The number of aryl methyl sites for hydroxylation is 1. The first-order chi connectivity index (χ1) is 13.3. The van der Waals surface area contributed by atoms with Crippen molar-refractivity contribution in [1.82, 2.24) is 19.9 Å². The zero-order valence-corrected chi connectivity index (χ0v) is 15.5. The highest BCUT2D eigenvalue weighted by Gasteiger charge is 2.36. The van der Waals surface area contributed by atoms with Gasteiger partial charge in [0.25, 0.3) is 0 Å². The van der Waals surface area contributed by atoms with Crippen molar-refractivity contribution >= 4 is 11.6 Å². The fourth-order valence-electron chi connectivity index (χ4n) is 4.64. The van der Waals surface area contributed by atoms with Crippen LogP contribution in [0.3, 0.4) is 0 Å². The fraction of sp³-hybridized carbons (Fsp3) is 0.550. The molecule has 5 rings (SSSR count).